The van der Waals surface area contributed by atoms with Crippen molar-refractivity contribution in [1.29, 1.82) is 0 Å². The zero-order valence-electron chi connectivity index (χ0n) is 8.58. The van der Waals surface area contributed by atoms with Crippen LogP contribution in [0, 0.1) is 10.5 Å². The molecule has 0 unspecified atom stereocenters. The maximum absolute atomic E-state index is 5.92. The second kappa shape index (κ2) is 5.01. The molecular formula is C12H9ClINO. The molecular weight excluding hydrogens is 336 g/mol. The van der Waals surface area contributed by atoms with Crippen LogP contribution in [-0.4, -0.2) is 4.98 Å². The smallest absolute Gasteiger partial charge is 0.222 e. The van der Waals surface area contributed by atoms with Crippen LogP contribution < -0.4 is 4.74 Å². The Morgan fingerprint density at radius 2 is 2.12 bits per heavy atom. The molecule has 16 heavy (non-hydrogen) atoms. The van der Waals surface area contributed by atoms with Crippen molar-refractivity contribution < 1.29 is 4.74 Å². The molecule has 1 heterocycles. The van der Waals surface area contributed by atoms with Crippen LogP contribution in [0.5, 0.6) is 11.6 Å². The van der Waals surface area contributed by atoms with E-state index in [4.69, 9.17) is 16.3 Å². The maximum Gasteiger partial charge on any atom is 0.222 e. The van der Waals surface area contributed by atoms with E-state index in [2.05, 4.69) is 27.6 Å². The molecule has 0 saturated heterocycles. The van der Waals surface area contributed by atoms with Crippen molar-refractivity contribution in [3.05, 3.63) is 50.7 Å². The summed E-state index contributed by atoms with van der Waals surface area (Å²) in [5, 5.41) is 0.656. The number of aromatic nitrogens is 1. The zero-order valence-corrected chi connectivity index (χ0v) is 11.5. The molecule has 0 spiro atoms. The number of ether oxygens (including phenoxy) is 1. The first-order valence-corrected chi connectivity index (χ1v) is 6.17. The fourth-order valence-corrected chi connectivity index (χ4v) is 1.85. The number of nitrogens with zero attached hydrogens (tertiary/aromatic N) is 1. The number of rotatable bonds is 2. The Morgan fingerprint density at radius 3 is 2.88 bits per heavy atom. The van der Waals surface area contributed by atoms with E-state index in [1.54, 1.807) is 12.3 Å². The predicted molar refractivity (Wildman–Crippen MR) is 73.2 cm³/mol. The van der Waals surface area contributed by atoms with E-state index < -0.39 is 0 Å². The molecule has 0 radical (unpaired) electrons. The number of hydrogen-bond donors (Lipinski definition) is 0. The lowest BCUT2D eigenvalue weighted by atomic mass is 10.3. The highest BCUT2D eigenvalue weighted by Crippen LogP contribution is 2.29. The second-order valence-electron chi connectivity index (χ2n) is 3.30. The van der Waals surface area contributed by atoms with Gasteiger partial charge in [0.05, 0.1) is 3.57 Å². The summed E-state index contributed by atoms with van der Waals surface area (Å²) >= 11 is 8.12. The van der Waals surface area contributed by atoms with Crippen LogP contribution >= 0.6 is 34.2 Å². The third-order valence-corrected chi connectivity index (χ3v) is 3.19. The molecule has 4 heteroatoms. The summed E-state index contributed by atoms with van der Waals surface area (Å²) in [6, 6.07) is 9.38. The van der Waals surface area contributed by atoms with Crippen LogP contribution in [0.1, 0.15) is 5.56 Å². The van der Waals surface area contributed by atoms with Crippen molar-refractivity contribution in [1.82, 2.24) is 4.98 Å². The Kier molecular flexibility index (Phi) is 3.66. The quantitative estimate of drug-likeness (QED) is 0.751. The zero-order chi connectivity index (χ0) is 11.5. The van der Waals surface area contributed by atoms with Gasteiger partial charge in [-0.25, -0.2) is 4.98 Å². The Labute approximate surface area is 113 Å². The molecule has 2 aromatic rings. The summed E-state index contributed by atoms with van der Waals surface area (Å²) in [7, 11) is 0. The molecule has 0 N–H and O–H groups in total. The predicted octanol–water partition coefficient (Wildman–Crippen LogP) is 4.44. The highest BCUT2D eigenvalue weighted by molar-refractivity contribution is 14.1. The summed E-state index contributed by atoms with van der Waals surface area (Å²) in [5.74, 6) is 1.34. The number of pyridine rings is 1. The second-order valence-corrected chi connectivity index (χ2v) is 4.90. The fourth-order valence-electron chi connectivity index (χ4n) is 1.24. The van der Waals surface area contributed by atoms with Crippen molar-refractivity contribution >= 4 is 34.2 Å². The minimum Gasteiger partial charge on any atom is -0.438 e. The van der Waals surface area contributed by atoms with Gasteiger partial charge in [-0.15, -0.1) is 0 Å². The number of halogens is 2. The van der Waals surface area contributed by atoms with Gasteiger partial charge in [-0.05, 0) is 47.7 Å². The van der Waals surface area contributed by atoms with Crippen LogP contribution in [0.3, 0.4) is 0 Å². The minimum absolute atomic E-state index is 0.614. The maximum atomic E-state index is 5.92. The Hall–Kier alpha value is -0.810. The molecule has 1 aromatic carbocycles. The molecule has 0 amide bonds. The first kappa shape index (κ1) is 11.7. The van der Waals surface area contributed by atoms with Gasteiger partial charge >= 0.3 is 0 Å². The summed E-state index contributed by atoms with van der Waals surface area (Å²) in [6.07, 6.45) is 1.71. The molecule has 2 rings (SSSR count). The van der Waals surface area contributed by atoms with Crippen molar-refractivity contribution in [2.24, 2.45) is 0 Å². The lowest BCUT2D eigenvalue weighted by molar-refractivity contribution is 0.456. The number of benzene rings is 1. The molecule has 0 aliphatic rings. The number of hydrogen-bond acceptors (Lipinski definition) is 2. The summed E-state index contributed by atoms with van der Waals surface area (Å²) in [5.41, 5.74) is 0.998. The molecule has 0 bridgehead atoms. The highest BCUT2D eigenvalue weighted by atomic mass is 127. The van der Waals surface area contributed by atoms with Gasteiger partial charge in [0, 0.05) is 22.8 Å². The van der Waals surface area contributed by atoms with Gasteiger partial charge in [0.1, 0.15) is 5.75 Å². The molecule has 0 aliphatic heterocycles. The van der Waals surface area contributed by atoms with Crippen LogP contribution in [0.25, 0.3) is 0 Å². The monoisotopic (exact) mass is 345 g/mol. The Morgan fingerprint density at radius 1 is 1.31 bits per heavy atom. The van der Waals surface area contributed by atoms with Crippen LogP contribution in [-0.2, 0) is 0 Å². The molecule has 2 nitrogen and oxygen atoms in total. The average molecular weight is 346 g/mol. The van der Waals surface area contributed by atoms with Gasteiger partial charge in [0.15, 0.2) is 0 Å². The lowest BCUT2D eigenvalue weighted by Crippen LogP contribution is -1.92. The largest absolute Gasteiger partial charge is 0.438 e. The summed E-state index contributed by atoms with van der Waals surface area (Å²) in [6.45, 7) is 1.96. The van der Waals surface area contributed by atoms with E-state index in [-0.39, 0.29) is 0 Å². The molecule has 0 saturated carbocycles. The van der Waals surface area contributed by atoms with Gasteiger partial charge in [0.2, 0.25) is 5.88 Å². The first-order valence-electron chi connectivity index (χ1n) is 4.71. The third kappa shape index (κ3) is 2.65. The van der Waals surface area contributed by atoms with Gasteiger partial charge in [-0.1, -0.05) is 17.7 Å². The molecule has 1 aromatic heterocycles. The molecule has 0 fully saturated rings. The topological polar surface area (TPSA) is 22.1 Å². The SMILES string of the molecule is Cc1cccnc1Oc1cc(Cl)ccc1I. The van der Waals surface area contributed by atoms with E-state index in [0.717, 1.165) is 14.9 Å². The molecule has 0 aliphatic carbocycles. The van der Waals surface area contributed by atoms with Crippen molar-refractivity contribution in [2.75, 3.05) is 0 Å². The Bertz CT molecular complexity index is 516. The lowest BCUT2D eigenvalue weighted by Gasteiger charge is -2.08. The average Bonchev–Trinajstić information content (AvgIpc) is 2.27. The van der Waals surface area contributed by atoms with Crippen molar-refractivity contribution in [3.63, 3.8) is 0 Å². The van der Waals surface area contributed by atoms with Crippen molar-refractivity contribution in [2.45, 2.75) is 6.92 Å². The number of aryl methyl sites for hydroxylation is 1. The first-order chi connectivity index (χ1) is 7.66. The van der Waals surface area contributed by atoms with E-state index >= 15 is 0 Å². The standard InChI is InChI=1S/C12H9ClINO/c1-8-3-2-6-15-12(8)16-11-7-9(13)4-5-10(11)14/h2-7H,1H3. The normalized spacial score (nSPS) is 10.2. The summed E-state index contributed by atoms with van der Waals surface area (Å²) < 4.78 is 6.72. The Balaban J connectivity index is 2.34. The van der Waals surface area contributed by atoms with Crippen LogP contribution in [0.15, 0.2) is 36.5 Å². The van der Waals surface area contributed by atoms with Gasteiger partial charge in [-0.3, -0.25) is 0 Å². The van der Waals surface area contributed by atoms with Crippen molar-refractivity contribution in [3.8, 4) is 11.6 Å². The van der Waals surface area contributed by atoms with Crippen LogP contribution in [0.4, 0.5) is 0 Å². The van der Waals surface area contributed by atoms with Gasteiger partial charge in [0.25, 0.3) is 0 Å². The molecule has 82 valence electrons. The van der Waals surface area contributed by atoms with E-state index in [1.807, 2.05) is 31.2 Å². The minimum atomic E-state index is 0.614. The fraction of sp³-hybridized carbons (Fsp3) is 0.0833. The van der Waals surface area contributed by atoms with Crippen LogP contribution in [0.2, 0.25) is 5.02 Å². The molecule has 0 atom stereocenters. The highest BCUT2D eigenvalue weighted by Gasteiger charge is 2.06. The van der Waals surface area contributed by atoms with E-state index in [1.165, 1.54) is 0 Å². The third-order valence-electron chi connectivity index (χ3n) is 2.06. The van der Waals surface area contributed by atoms with E-state index in [9.17, 15) is 0 Å². The van der Waals surface area contributed by atoms with E-state index in [0.29, 0.717) is 10.9 Å². The van der Waals surface area contributed by atoms with Gasteiger partial charge < -0.3 is 4.74 Å². The van der Waals surface area contributed by atoms with Gasteiger partial charge in [-0.2, -0.15) is 0 Å². The summed E-state index contributed by atoms with van der Waals surface area (Å²) in [4.78, 5) is 4.18.